The normalized spacial score (nSPS) is 10.4. The quantitative estimate of drug-likeness (QED) is 0.800. The number of halogens is 1. The minimum Gasteiger partial charge on any atom is -0.397 e. The summed E-state index contributed by atoms with van der Waals surface area (Å²) < 4.78 is 1.22. The van der Waals surface area contributed by atoms with Crippen molar-refractivity contribution in [1.82, 2.24) is 0 Å². The average Bonchev–Trinajstić information content (AvgIpc) is 2.66. The summed E-state index contributed by atoms with van der Waals surface area (Å²) in [5, 5.41) is 2.66. The Morgan fingerprint density at radius 1 is 1.21 bits per heavy atom. The monoisotopic (exact) mass is 241 g/mol. The zero-order valence-corrected chi connectivity index (χ0v) is 9.62. The van der Waals surface area contributed by atoms with Gasteiger partial charge in [-0.3, -0.25) is 0 Å². The molecule has 72 valence electrons. The molecule has 0 atom stereocenters. The molecule has 1 aromatic carbocycles. The first-order chi connectivity index (χ1) is 6.77. The van der Waals surface area contributed by atoms with Crippen LogP contribution in [0.4, 0.5) is 5.69 Å². The maximum Gasteiger partial charge on any atom is 0.0647 e. The second-order valence-corrected chi connectivity index (χ2v) is 5.38. The molecule has 1 aromatic heterocycles. The van der Waals surface area contributed by atoms with E-state index in [1.165, 1.54) is 4.21 Å². The fourth-order valence-corrected chi connectivity index (χ4v) is 3.07. The van der Waals surface area contributed by atoms with Gasteiger partial charge in [0.2, 0.25) is 0 Å². The maximum absolute atomic E-state index is 5.92. The van der Waals surface area contributed by atoms with Gasteiger partial charge in [0, 0.05) is 4.90 Å². The average molecular weight is 242 g/mol. The van der Waals surface area contributed by atoms with Crippen molar-refractivity contribution >= 4 is 40.4 Å². The van der Waals surface area contributed by atoms with Crippen LogP contribution in [0.3, 0.4) is 0 Å². The largest absolute Gasteiger partial charge is 0.397 e. The molecule has 0 saturated carbocycles. The van der Waals surface area contributed by atoms with Crippen molar-refractivity contribution in [2.45, 2.75) is 9.10 Å². The highest BCUT2D eigenvalue weighted by molar-refractivity contribution is 8.01. The minimum absolute atomic E-state index is 0.617. The third-order valence-electron chi connectivity index (χ3n) is 1.72. The van der Waals surface area contributed by atoms with Crippen LogP contribution >= 0.6 is 34.7 Å². The lowest BCUT2D eigenvalue weighted by Gasteiger charge is -2.04. The van der Waals surface area contributed by atoms with Crippen molar-refractivity contribution in [3.63, 3.8) is 0 Å². The molecule has 2 N–H and O–H groups in total. The Hall–Kier alpha value is -0.640. The van der Waals surface area contributed by atoms with Crippen LogP contribution in [0.25, 0.3) is 0 Å². The van der Waals surface area contributed by atoms with Gasteiger partial charge in [0.25, 0.3) is 0 Å². The summed E-state index contributed by atoms with van der Waals surface area (Å²) in [5.74, 6) is 0. The molecule has 14 heavy (non-hydrogen) atoms. The van der Waals surface area contributed by atoms with E-state index >= 15 is 0 Å². The summed E-state index contributed by atoms with van der Waals surface area (Å²) in [7, 11) is 0. The Labute approximate surface area is 95.9 Å². The first kappa shape index (κ1) is 9.90. The number of anilines is 1. The van der Waals surface area contributed by atoms with Crippen LogP contribution in [-0.2, 0) is 0 Å². The lowest BCUT2D eigenvalue weighted by Crippen LogP contribution is -1.88. The van der Waals surface area contributed by atoms with E-state index < -0.39 is 0 Å². The molecule has 0 spiro atoms. The van der Waals surface area contributed by atoms with Crippen LogP contribution < -0.4 is 5.73 Å². The molecule has 4 heteroatoms. The molecule has 1 heterocycles. The van der Waals surface area contributed by atoms with Crippen molar-refractivity contribution in [3.05, 3.63) is 40.7 Å². The number of rotatable bonds is 2. The number of thiophene rings is 1. The molecule has 1 nitrogen and oxygen atoms in total. The highest BCUT2D eigenvalue weighted by Gasteiger charge is 2.04. The predicted octanol–water partition coefficient (Wildman–Crippen LogP) is 4.13. The molecule has 2 rings (SSSR count). The number of hydrogen-bond donors (Lipinski definition) is 1. The summed E-state index contributed by atoms with van der Waals surface area (Å²) in [5.41, 5.74) is 6.51. The zero-order valence-electron chi connectivity index (χ0n) is 7.24. The van der Waals surface area contributed by atoms with Gasteiger partial charge in [-0.05, 0) is 23.6 Å². The van der Waals surface area contributed by atoms with Gasteiger partial charge >= 0.3 is 0 Å². The number of nitrogen functional groups attached to an aromatic ring is 1. The van der Waals surface area contributed by atoms with Gasteiger partial charge in [0.1, 0.15) is 0 Å². The van der Waals surface area contributed by atoms with E-state index in [1.807, 2.05) is 23.6 Å². The van der Waals surface area contributed by atoms with E-state index in [0.29, 0.717) is 10.7 Å². The molecule has 0 aliphatic heterocycles. The summed E-state index contributed by atoms with van der Waals surface area (Å²) in [6.45, 7) is 0. The van der Waals surface area contributed by atoms with E-state index in [4.69, 9.17) is 17.3 Å². The van der Waals surface area contributed by atoms with Crippen LogP contribution in [0.5, 0.6) is 0 Å². The van der Waals surface area contributed by atoms with Crippen LogP contribution in [0.15, 0.2) is 44.8 Å². The molecule has 0 aliphatic carbocycles. The second-order valence-electron chi connectivity index (χ2n) is 2.69. The first-order valence-electron chi connectivity index (χ1n) is 4.03. The van der Waals surface area contributed by atoms with Gasteiger partial charge in [-0.25, -0.2) is 0 Å². The van der Waals surface area contributed by atoms with E-state index in [9.17, 15) is 0 Å². The predicted molar refractivity (Wildman–Crippen MR) is 64.3 cm³/mol. The van der Waals surface area contributed by atoms with Crippen molar-refractivity contribution in [2.75, 3.05) is 5.73 Å². The summed E-state index contributed by atoms with van der Waals surface area (Å²) in [6.07, 6.45) is 0. The fraction of sp³-hybridized carbons (Fsp3) is 0. The van der Waals surface area contributed by atoms with Gasteiger partial charge in [0.05, 0.1) is 14.9 Å². The summed E-state index contributed by atoms with van der Waals surface area (Å²) in [6, 6.07) is 9.78. The van der Waals surface area contributed by atoms with Crippen molar-refractivity contribution in [2.24, 2.45) is 0 Å². The van der Waals surface area contributed by atoms with Gasteiger partial charge in [0.15, 0.2) is 0 Å². The Kier molecular flexibility index (Phi) is 3.01. The van der Waals surface area contributed by atoms with E-state index in [0.717, 1.165) is 4.90 Å². The van der Waals surface area contributed by atoms with Crippen LogP contribution in [-0.4, -0.2) is 0 Å². The molecule has 2 aromatic rings. The Morgan fingerprint density at radius 3 is 2.79 bits per heavy atom. The molecular weight excluding hydrogens is 234 g/mol. The molecule has 0 aliphatic rings. The number of nitrogens with two attached hydrogens (primary N) is 1. The lowest BCUT2D eigenvalue weighted by molar-refractivity contribution is 1.45. The maximum atomic E-state index is 5.92. The lowest BCUT2D eigenvalue weighted by atomic mass is 10.3. The van der Waals surface area contributed by atoms with Gasteiger partial charge < -0.3 is 5.73 Å². The molecule has 0 amide bonds. The van der Waals surface area contributed by atoms with Gasteiger partial charge in [-0.15, -0.1) is 11.3 Å². The SMILES string of the molecule is Nc1c(Cl)cccc1Sc1cccs1. The van der Waals surface area contributed by atoms with E-state index in [2.05, 4.69) is 6.07 Å². The third-order valence-corrected chi connectivity index (χ3v) is 4.16. The molecule has 0 radical (unpaired) electrons. The fourth-order valence-electron chi connectivity index (χ4n) is 1.04. The molecule has 0 fully saturated rings. The Balaban J connectivity index is 2.29. The van der Waals surface area contributed by atoms with E-state index in [1.54, 1.807) is 29.2 Å². The van der Waals surface area contributed by atoms with Gasteiger partial charge in [-0.1, -0.05) is 35.5 Å². The Morgan fingerprint density at radius 2 is 2.07 bits per heavy atom. The standard InChI is InChI=1S/C10H8ClNS2/c11-7-3-1-4-8(10(7)12)14-9-5-2-6-13-9/h1-6H,12H2. The number of para-hydroxylation sites is 1. The highest BCUT2D eigenvalue weighted by atomic mass is 35.5. The molecule has 0 bridgehead atoms. The topological polar surface area (TPSA) is 26.0 Å². The van der Waals surface area contributed by atoms with Crippen LogP contribution in [0, 0.1) is 0 Å². The smallest absolute Gasteiger partial charge is 0.0647 e. The van der Waals surface area contributed by atoms with Crippen LogP contribution in [0.1, 0.15) is 0 Å². The number of hydrogen-bond acceptors (Lipinski definition) is 3. The summed E-state index contributed by atoms with van der Waals surface area (Å²) in [4.78, 5) is 1.01. The van der Waals surface area contributed by atoms with Crippen molar-refractivity contribution < 1.29 is 0 Å². The van der Waals surface area contributed by atoms with Crippen molar-refractivity contribution in [3.8, 4) is 0 Å². The second kappa shape index (κ2) is 4.26. The third kappa shape index (κ3) is 2.05. The van der Waals surface area contributed by atoms with E-state index in [-0.39, 0.29) is 0 Å². The highest BCUT2D eigenvalue weighted by Crippen LogP contribution is 2.37. The van der Waals surface area contributed by atoms with Crippen LogP contribution in [0.2, 0.25) is 5.02 Å². The number of benzene rings is 1. The minimum atomic E-state index is 0.617. The molecule has 0 saturated heterocycles. The van der Waals surface area contributed by atoms with Crippen molar-refractivity contribution in [1.29, 1.82) is 0 Å². The van der Waals surface area contributed by atoms with Gasteiger partial charge in [-0.2, -0.15) is 0 Å². The first-order valence-corrected chi connectivity index (χ1v) is 6.10. The molecule has 0 unspecified atom stereocenters. The summed E-state index contributed by atoms with van der Waals surface area (Å²) >= 11 is 9.26. The molecular formula is C10H8ClNS2. The Bertz CT molecular complexity index is 426. The zero-order chi connectivity index (χ0) is 9.97.